The number of fused-ring (bicyclic) bond motifs is 4. The average molecular weight is 395 g/mol. The molecule has 0 aromatic carbocycles. The largest absolute Gasteiger partial charge is 0.383 e. The minimum atomic E-state index is -0.421. The van der Waals surface area contributed by atoms with Crippen molar-refractivity contribution in [2.24, 2.45) is 0 Å². The summed E-state index contributed by atoms with van der Waals surface area (Å²) in [7, 11) is 1.71. The average Bonchev–Trinajstić information content (AvgIpc) is 3.29. The molecule has 0 bridgehead atoms. The summed E-state index contributed by atoms with van der Waals surface area (Å²) >= 11 is 0. The van der Waals surface area contributed by atoms with E-state index in [1.165, 1.54) is 22.0 Å². The molecule has 0 aliphatic carbocycles. The zero-order valence-corrected chi connectivity index (χ0v) is 16.4. The number of nitrogens with one attached hydrogen (secondary N) is 1. The van der Waals surface area contributed by atoms with Gasteiger partial charge >= 0.3 is 0 Å². The first kappa shape index (κ1) is 18.1. The lowest BCUT2D eigenvalue weighted by molar-refractivity contribution is 0.162. The van der Waals surface area contributed by atoms with Gasteiger partial charge in [-0.1, -0.05) is 0 Å². The lowest BCUT2D eigenvalue weighted by Gasteiger charge is -2.35. The Hall–Kier alpha value is -2.96. The standard InChI is InChI=1S/C20H22FN7O/c1-12-9-26(18-4-3-14(6-22)28-20(18)16(21)7-24-28)10-19-15-5-13(11-29-2)23-8-17(15)25-27(12)19/h3-4,7,12-13,23H,5,8-11H2,1-2H3/t12-,13-/m1/s1. The molecule has 3 aromatic heterocycles. The van der Waals surface area contributed by atoms with E-state index in [2.05, 4.69) is 33.0 Å². The highest BCUT2D eigenvalue weighted by molar-refractivity contribution is 5.75. The summed E-state index contributed by atoms with van der Waals surface area (Å²) in [6.07, 6.45) is 2.03. The van der Waals surface area contributed by atoms with E-state index in [0.717, 1.165) is 24.3 Å². The van der Waals surface area contributed by atoms with Gasteiger partial charge in [0.1, 0.15) is 17.3 Å². The van der Waals surface area contributed by atoms with E-state index in [9.17, 15) is 9.65 Å². The number of anilines is 1. The first-order valence-electron chi connectivity index (χ1n) is 9.73. The van der Waals surface area contributed by atoms with Gasteiger partial charge < -0.3 is 15.0 Å². The molecule has 1 N–H and O–H groups in total. The quantitative estimate of drug-likeness (QED) is 0.728. The smallest absolute Gasteiger partial charge is 0.171 e. The van der Waals surface area contributed by atoms with Gasteiger partial charge in [-0.3, -0.25) is 4.68 Å². The van der Waals surface area contributed by atoms with Crippen molar-refractivity contribution < 1.29 is 9.13 Å². The number of halogens is 1. The Morgan fingerprint density at radius 2 is 2.28 bits per heavy atom. The lowest BCUT2D eigenvalue weighted by atomic mass is 9.98. The summed E-state index contributed by atoms with van der Waals surface area (Å²) in [6.45, 7) is 4.85. The molecule has 5 heterocycles. The van der Waals surface area contributed by atoms with E-state index in [-0.39, 0.29) is 12.1 Å². The Morgan fingerprint density at radius 3 is 3.07 bits per heavy atom. The van der Waals surface area contributed by atoms with Crippen molar-refractivity contribution in [1.82, 2.24) is 24.7 Å². The van der Waals surface area contributed by atoms with E-state index >= 15 is 0 Å². The van der Waals surface area contributed by atoms with Crippen molar-refractivity contribution in [2.75, 3.05) is 25.2 Å². The highest BCUT2D eigenvalue weighted by Gasteiger charge is 2.32. The number of rotatable bonds is 3. The molecule has 29 heavy (non-hydrogen) atoms. The SMILES string of the molecule is COC[C@H]1Cc2c(nn3c2CN(c2ccc(C#N)n4ncc(F)c24)C[C@H]3C)CN1. The topological polar surface area (TPSA) is 83.4 Å². The lowest BCUT2D eigenvalue weighted by Crippen LogP contribution is -2.40. The molecule has 0 radical (unpaired) electrons. The second-order valence-corrected chi connectivity index (χ2v) is 7.75. The van der Waals surface area contributed by atoms with Crippen molar-refractivity contribution in [1.29, 1.82) is 5.26 Å². The Kier molecular flexibility index (Phi) is 4.26. The maximum absolute atomic E-state index is 14.6. The van der Waals surface area contributed by atoms with Crippen LogP contribution >= 0.6 is 0 Å². The number of methoxy groups -OCH3 is 1. The van der Waals surface area contributed by atoms with Crippen molar-refractivity contribution in [3.8, 4) is 6.07 Å². The third-order valence-electron chi connectivity index (χ3n) is 5.87. The predicted molar refractivity (Wildman–Crippen MR) is 104 cm³/mol. The molecule has 2 aliphatic rings. The molecule has 3 aromatic rings. The van der Waals surface area contributed by atoms with Crippen molar-refractivity contribution in [2.45, 2.75) is 38.5 Å². The van der Waals surface area contributed by atoms with Crippen LogP contribution in [0.15, 0.2) is 18.3 Å². The molecule has 0 spiro atoms. The molecule has 0 saturated heterocycles. The van der Waals surface area contributed by atoms with Crippen molar-refractivity contribution in [3.05, 3.63) is 46.8 Å². The fourth-order valence-corrected chi connectivity index (χ4v) is 4.56. The molecule has 2 aliphatic heterocycles. The monoisotopic (exact) mass is 395 g/mol. The van der Waals surface area contributed by atoms with Gasteiger partial charge in [0.2, 0.25) is 0 Å². The Morgan fingerprint density at radius 1 is 1.41 bits per heavy atom. The summed E-state index contributed by atoms with van der Waals surface area (Å²) in [6, 6.07) is 6.00. The van der Waals surface area contributed by atoms with Crippen LogP contribution in [0.4, 0.5) is 10.1 Å². The summed E-state index contributed by atoms with van der Waals surface area (Å²) in [5, 5.41) is 21.7. The molecule has 0 saturated carbocycles. The molecule has 9 heteroatoms. The summed E-state index contributed by atoms with van der Waals surface area (Å²) in [5.74, 6) is -0.421. The zero-order valence-electron chi connectivity index (χ0n) is 16.4. The Labute approximate surface area is 167 Å². The summed E-state index contributed by atoms with van der Waals surface area (Å²) in [4.78, 5) is 2.16. The Bertz CT molecular complexity index is 1130. The minimum Gasteiger partial charge on any atom is -0.383 e. The Balaban J connectivity index is 1.56. The highest BCUT2D eigenvalue weighted by atomic mass is 19.1. The van der Waals surface area contributed by atoms with Crippen molar-refractivity contribution in [3.63, 3.8) is 0 Å². The predicted octanol–water partition coefficient (Wildman–Crippen LogP) is 1.78. The minimum absolute atomic E-state index is 0.145. The van der Waals surface area contributed by atoms with Crippen LogP contribution < -0.4 is 10.2 Å². The maximum Gasteiger partial charge on any atom is 0.171 e. The maximum atomic E-state index is 14.6. The molecule has 0 unspecified atom stereocenters. The molecule has 8 nitrogen and oxygen atoms in total. The molecular formula is C20H22FN7O. The molecule has 5 rings (SSSR count). The van der Waals surface area contributed by atoms with E-state index < -0.39 is 5.82 Å². The summed E-state index contributed by atoms with van der Waals surface area (Å²) in [5.41, 5.74) is 4.92. The number of hydrogen-bond donors (Lipinski definition) is 1. The van der Waals surface area contributed by atoms with Crippen LogP contribution in [0.25, 0.3) is 5.52 Å². The van der Waals surface area contributed by atoms with Crippen LogP contribution in [0, 0.1) is 17.1 Å². The van der Waals surface area contributed by atoms with Crippen LogP contribution in [0.3, 0.4) is 0 Å². The second-order valence-electron chi connectivity index (χ2n) is 7.75. The van der Waals surface area contributed by atoms with Gasteiger partial charge in [-0.15, -0.1) is 0 Å². The molecule has 150 valence electrons. The van der Waals surface area contributed by atoms with Gasteiger partial charge in [0, 0.05) is 31.8 Å². The zero-order chi connectivity index (χ0) is 20.1. The van der Waals surface area contributed by atoms with Gasteiger partial charge in [-0.2, -0.15) is 15.5 Å². The van der Waals surface area contributed by atoms with Crippen LogP contribution in [-0.2, 0) is 24.2 Å². The van der Waals surface area contributed by atoms with Gasteiger partial charge in [-0.05, 0) is 25.5 Å². The van der Waals surface area contributed by atoms with Crippen LogP contribution in [-0.4, -0.2) is 45.7 Å². The normalized spacial score (nSPS) is 21.1. The number of nitrogens with zero attached hydrogens (tertiary/aromatic N) is 6. The highest BCUT2D eigenvalue weighted by Crippen LogP contribution is 2.34. The van der Waals surface area contributed by atoms with E-state index in [4.69, 9.17) is 9.84 Å². The van der Waals surface area contributed by atoms with Crippen LogP contribution in [0.1, 0.15) is 35.6 Å². The molecule has 2 atom stereocenters. The van der Waals surface area contributed by atoms with E-state index in [1.54, 1.807) is 13.2 Å². The van der Waals surface area contributed by atoms with Gasteiger partial charge in [0.15, 0.2) is 5.82 Å². The molecule has 0 amide bonds. The van der Waals surface area contributed by atoms with Crippen LogP contribution in [0.2, 0.25) is 0 Å². The number of pyridine rings is 1. The summed E-state index contributed by atoms with van der Waals surface area (Å²) < 4.78 is 23.4. The molecule has 0 fully saturated rings. The number of hydrogen-bond acceptors (Lipinski definition) is 6. The van der Waals surface area contributed by atoms with Gasteiger partial charge in [-0.25, -0.2) is 8.91 Å². The fraction of sp³-hybridized carbons (Fsp3) is 0.450. The number of aromatic nitrogens is 4. The fourth-order valence-electron chi connectivity index (χ4n) is 4.56. The molecular weight excluding hydrogens is 373 g/mol. The van der Waals surface area contributed by atoms with Gasteiger partial charge in [0.25, 0.3) is 0 Å². The van der Waals surface area contributed by atoms with E-state index in [0.29, 0.717) is 30.9 Å². The first-order chi connectivity index (χ1) is 14.1. The number of nitriles is 1. The van der Waals surface area contributed by atoms with Crippen molar-refractivity contribution >= 4 is 11.2 Å². The third-order valence-corrected chi connectivity index (χ3v) is 5.87. The second kappa shape index (κ2) is 6.83. The first-order valence-corrected chi connectivity index (χ1v) is 9.73. The van der Waals surface area contributed by atoms with Gasteiger partial charge in [0.05, 0.1) is 42.5 Å². The number of ether oxygens (including phenoxy) is 1. The van der Waals surface area contributed by atoms with Crippen LogP contribution in [0.5, 0.6) is 0 Å². The third kappa shape index (κ3) is 2.79. The van der Waals surface area contributed by atoms with E-state index in [1.807, 2.05) is 6.07 Å².